The van der Waals surface area contributed by atoms with Crippen molar-refractivity contribution < 1.29 is 4.74 Å². The Morgan fingerprint density at radius 2 is 2.24 bits per heavy atom. The Kier molecular flexibility index (Phi) is 5.94. The van der Waals surface area contributed by atoms with Gasteiger partial charge >= 0.3 is 0 Å². The summed E-state index contributed by atoms with van der Waals surface area (Å²) < 4.78 is 6.67. The second-order valence-corrected chi connectivity index (χ2v) is 4.55. The predicted molar refractivity (Wildman–Crippen MR) is 69.1 cm³/mol. The topological polar surface area (TPSA) is 43.3 Å². The summed E-state index contributed by atoms with van der Waals surface area (Å²) in [6.07, 6.45) is 1.80. The van der Waals surface area contributed by atoms with E-state index in [1.807, 2.05) is 12.1 Å². The van der Waals surface area contributed by atoms with E-state index < -0.39 is 0 Å². The van der Waals surface area contributed by atoms with Gasteiger partial charge in [-0.1, -0.05) is 19.9 Å². The van der Waals surface area contributed by atoms with E-state index in [0.717, 1.165) is 12.1 Å². The maximum Gasteiger partial charge on any atom is 0.255 e. The lowest BCUT2D eigenvalue weighted by molar-refractivity contribution is 0.186. The molecule has 4 nitrogen and oxygen atoms in total. The Morgan fingerprint density at radius 1 is 1.47 bits per heavy atom. The van der Waals surface area contributed by atoms with E-state index in [0.29, 0.717) is 25.6 Å². The summed E-state index contributed by atoms with van der Waals surface area (Å²) in [6.45, 7) is 7.01. The van der Waals surface area contributed by atoms with Crippen molar-refractivity contribution in [1.29, 1.82) is 0 Å². The SMILES string of the molecule is COCCn1cccc(CNCC(C)C)c1=O. The van der Waals surface area contributed by atoms with E-state index in [-0.39, 0.29) is 5.56 Å². The molecule has 96 valence electrons. The number of ether oxygens (including phenoxy) is 1. The molecule has 1 aromatic rings. The molecule has 0 amide bonds. The molecule has 0 spiro atoms. The van der Waals surface area contributed by atoms with Crippen LogP contribution in [0.4, 0.5) is 0 Å². The van der Waals surface area contributed by atoms with Gasteiger partial charge in [0.15, 0.2) is 0 Å². The average Bonchev–Trinajstić information content (AvgIpc) is 2.29. The van der Waals surface area contributed by atoms with Crippen LogP contribution in [0.15, 0.2) is 23.1 Å². The van der Waals surface area contributed by atoms with Crippen LogP contribution in [0.1, 0.15) is 19.4 Å². The van der Waals surface area contributed by atoms with Gasteiger partial charge in [-0.2, -0.15) is 0 Å². The number of nitrogens with zero attached hydrogens (tertiary/aromatic N) is 1. The highest BCUT2D eigenvalue weighted by atomic mass is 16.5. The number of hydrogen-bond donors (Lipinski definition) is 1. The Morgan fingerprint density at radius 3 is 2.88 bits per heavy atom. The molecular formula is C13H22N2O2. The predicted octanol–water partition coefficient (Wildman–Crippen LogP) is 1.24. The first-order valence-electron chi connectivity index (χ1n) is 6.03. The molecule has 0 atom stereocenters. The lowest BCUT2D eigenvalue weighted by Gasteiger charge is -2.09. The van der Waals surface area contributed by atoms with Gasteiger partial charge in [-0.05, 0) is 18.5 Å². The quantitative estimate of drug-likeness (QED) is 0.777. The van der Waals surface area contributed by atoms with Gasteiger partial charge in [0.25, 0.3) is 5.56 Å². The van der Waals surface area contributed by atoms with Crippen LogP contribution in [0.3, 0.4) is 0 Å². The van der Waals surface area contributed by atoms with Crippen molar-refractivity contribution in [3.05, 3.63) is 34.2 Å². The van der Waals surface area contributed by atoms with Crippen molar-refractivity contribution >= 4 is 0 Å². The molecule has 0 bridgehead atoms. The highest BCUT2D eigenvalue weighted by Crippen LogP contribution is 1.94. The van der Waals surface area contributed by atoms with Crippen molar-refractivity contribution in [3.63, 3.8) is 0 Å². The largest absolute Gasteiger partial charge is 0.383 e. The first-order valence-corrected chi connectivity index (χ1v) is 6.03. The molecule has 1 N–H and O–H groups in total. The van der Waals surface area contributed by atoms with Crippen molar-refractivity contribution in [1.82, 2.24) is 9.88 Å². The second kappa shape index (κ2) is 7.25. The van der Waals surface area contributed by atoms with E-state index >= 15 is 0 Å². The summed E-state index contributed by atoms with van der Waals surface area (Å²) in [4.78, 5) is 12.0. The van der Waals surface area contributed by atoms with Crippen LogP contribution in [0, 0.1) is 5.92 Å². The van der Waals surface area contributed by atoms with Crippen molar-refractivity contribution in [2.24, 2.45) is 5.92 Å². The summed E-state index contributed by atoms with van der Waals surface area (Å²) in [7, 11) is 1.64. The van der Waals surface area contributed by atoms with Gasteiger partial charge in [-0.15, -0.1) is 0 Å². The lowest BCUT2D eigenvalue weighted by atomic mass is 10.2. The highest BCUT2D eigenvalue weighted by molar-refractivity contribution is 5.10. The fourth-order valence-electron chi connectivity index (χ4n) is 1.58. The minimum Gasteiger partial charge on any atom is -0.383 e. The second-order valence-electron chi connectivity index (χ2n) is 4.55. The third-order valence-electron chi connectivity index (χ3n) is 2.50. The van der Waals surface area contributed by atoms with Crippen molar-refractivity contribution in [3.8, 4) is 0 Å². The molecule has 0 saturated carbocycles. The fourth-order valence-corrected chi connectivity index (χ4v) is 1.58. The molecule has 1 heterocycles. The molecule has 1 aromatic heterocycles. The maximum atomic E-state index is 12.0. The van der Waals surface area contributed by atoms with Gasteiger partial charge in [0.2, 0.25) is 0 Å². The number of hydrogen-bond acceptors (Lipinski definition) is 3. The third kappa shape index (κ3) is 4.71. The number of rotatable bonds is 7. The summed E-state index contributed by atoms with van der Waals surface area (Å²) >= 11 is 0. The zero-order valence-electron chi connectivity index (χ0n) is 10.9. The minimum atomic E-state index is 0.0702. The normalized spacial score (nSPS) is 11.1. The molecule has 0 fully saturated rings. The Bertz CT molecular complexity index is 385. The zero-order chi connectivity index (χ0) is 12.7. The molecule has 0 saturated heterocycles. The van der Waals surface area contributed by atoms with Gasteiger partial charge in [0, 0.05) is 32.0 Å². The molecular weight excluding hydrogens is 216 g/mol. The molecule has 17 heavy (non-hydrogen) atoms. The molecule has 1 rings (SSSR count). The molecule has 0 radical (unpaired) electrons. The molecule has 0 unspecified atom stereocenters. The summed E-state index contributed by atoms with van der Waals surface area (Å²) in [5.74, 6) is 0.592. The van der Waals surface area contributed by atoms with Crippen molar-refractivity contribution in [2.45, 2.75) is 26.9 Å². The van der Waals surface area contributed by atoms with Crippen LogP contribution in [0.2, 0.25) is 0 Å². The van der Waals surface area contributed by atoms with E-state index in [1.165, 1.54) is 0 Å². The van der Waals surface area contributed by atoms with Crippen LogP contribution in [0.25, 0.3) is 0 Å². The van der Waals surface area contributed by atoms with Crippen LogP contribution in [-0.4, -0.2) is 24.8 Å². The molecule has 0 aliphatic carbocycles. The van der Waals surface area contributed by atoms with Crippen LogP contribution in [0.5, 0.6) is 0 Å². The average molecular weight is 238 g/mol. The van der Waals surface area contributed by atoms with Gasteiger partial charge in [-0.3, -0.25) is 4.79 Å². The smallest absolute Gasteiger partial charge is 0.255 e. The Balaban J connectivity index is 2.63. The van der Waals surface area contributed by atoms with Gasteiger partial charge in [0.05, 0.1) is 6.61 Å². The molecule has 0 aliphatic heterocycles. The number of nitrogens with one attached hydrogen (secondary N) is 1. The Hall–Kier alpha value is -1.13. The van der Waals surface area contributed by atoms with Crippen LogP contribution < -0.4 is 10.9 Å². The summed E-state index contributed by atoms with van der Waals surface area (Å²) in [5.41, 5.74) is 0.880. The van der Waals surface area contributed by atoms with Crippen molar-refractivity contribution in [2.75, 3.05) is 20.3 Å². The van der Waals surface area contributed by atoms with E-state index in [9.17, 15) is 4.79 Å². The molecule has 0 aromatic carbocycles. The third-order valence-corrected chi connectivity index (χ3v) is 2.50. The number of methoxy groups -OCH3 is 1. The van der Waals surface area contributed by atoms with E-state index in [2.05, 4.69) is 19.2 Å². The van der Waals surface area contributed by atoms with E-state index in [4.69, 9.17) is 4.74 Å². The lowest BCUT2D eigenvalue weighted by Crippen LogP contribution is -2.29. The highest BCUT2D eigenvalue weighted by Gasteiger charge is 2.03. The van der Waals surface area contributed by atoms with E-state index in [1.54, 1.807) is 17.9 Å². The van der Waals surface area contributed by atoms with Gasteiger partial charge in [-0.25, -0.2) is 0 Å². The van der Waals surface area contributed by atoms with Gasteiger partial charge in [0.1, 0.15) is 0 Å². The minimum absolute atomic E-state index is 0.0702. The monoisotopic (exact) mass is 238 g/mol. The van der Waals surface area contributed by atoms with Crippen LogP contribution >= 0.6 is 0 Å². The number of aromatic nitrogens is 1. The zero-order valence-corrected chi connectivity index (χ0v) is 10.9. The van der Waals surface area contributed by atoms with Crippen LogP contribution in [-0.2, 0) is 17.8 Å². The number of pyridine rings is 1. The fraction of sp³-hybridized carbons (Fsp3) is 0.615. The Labute approximate surface area is 103 Å². The maximum absolute atomic E-state index is 12.0. The first kappa shape index (κ1) is 13.9. The molecule has 0 aliphatic rings. The molecule has 4 heteroatoms. The summed E-state index contributed by atoms with van der Waals surface area (Å²) in [5, 5.41) is 3.28. The standard InChI is InChI=1S/C13H22N2O2/c1-11(2)9-14-10-12-5-4-6-15(13(12)16)7-8-17-3/h4-6,11,14H,7-10H2,1-3H3. The van der Waals surface area contributed by atoms with Gasteiger partial charge < -0.3 is 14.6 Å². The summed E-state index contributed by atoms with van der Waals surface area (Å²) in [6, 6.07) is 3.78. The first-order chi connectivity index (χ1) is 8.15.